The van der Waals surface area contributed by atoms with Gasteiger partial charge in [-0.15, -0.1) is 0 Å². The van der Waals surface area contributed by atoms with E-state index < -0.39 is 0 Å². The topological polar surface area (TPSA) is 28.1 Å². The summed E-state index contributed by atoms with van der Waals surface area (Å²) in [6, 6.07) is 0. The first kappa shape index (κ1) is 14.2. The average Bonchev–Trinajstić information content (AvgIpc) is 2.15. The van der Waals surface area contributed by atoms with Crippen molar-refractivity contribution in [3.8, 4) is 0 Å². The fourth-order valence-corrected chi connectivity index (χ4v) is 1.24. The Morgan fingerprint density at radius 1 is 1.07 bits per heavy atom. The van der Waals surface area contributed by atoms with Gasteiger partial charge in [0.25, 0.3) is 0 Å². The van der Waals surface area contributed by atoms with E-state index in [0.29, 0.717) is 6.61 Å². The fourth-order valence-electron chi connectivity index (χ4n) is 1.24. The lowest BCUT2D eigenvalue weighted by Crippen LogP contribution is -2.35. The average molecular weight is 215 g/mol. The van der Waals surface area contributed by atoms with Crippen LogP contribution >= 0.6 is 0 Å². The second kappa shape index (κ2) is 8.53. The molecule has 0 aliphatic carbocycles. The van der Waals surface area contributed by atoms with E-state index in [4.69, 9.17) is 4.74 Å². The third-order valence-corrected chi connectivity index (χ3v) is 1.93. The van der Waals surface area contributed by atoms with Crippen LogP contribution in [0.3, 0.4) is 0 Å². The number of ether oxygens (including phenoxy) is 1. The van der Waals surface area contributed by atoms with Gasteiger partial charge in [0.15, 0.2) is 5.96 Å². The molecule has 0 aromatic carbocycles. The number of nitrogens with zero attached hydrogens (tertiary/aromatic N) is 3. The molecule has 0 aliphatic rings. The molecule has 0 saturated carbocycles. The lowest BCUT2D eigenvalue weighted by atomic mass is 10.4. The van der Waals surface area contributed by atoms with Gasteiger partial charge < -0.3 is 14.5 Å². The van der Waals surface area contributed by atoms with Gasteiger partial charge in [0.05, 0.1) is 13.2 Å². The predicted molar refractivity (Wildman–Crippen MR) is 65.4 cm³/mol. The molecule has 0 atom stereocenters. The highest BCUT2D eigenvalue weighted by Gasteiger charge is 2.02. The molecule has 0 rings (SSSR count). The Balaban J connectivity index is 3.71. The van der Waals surface area contributed by atoms with Crippen LogP contribution in [0, 0.1) is 0 Å². The summed E-state index contributed by atoms with van der Waals surface area (Å²) >= 11 is 0. The van der Waals surface area contributed by atoms with Crippen LogP contribution in [0.1, 0.15) is 19.8 Å². The minimum atomic E-state index is 0.713. The minimum Gasteiger partial charge on any atom is -0.380 e. The molecule has 0 saturated heterocycles. The summed E-state index contributed by atoms with van der Waals surface area (Å²) in [6.45, 7) is 4.46. The quantitative estimate of drug-likeness (QED) is 0.379. The molecule has 90 valence electrons. The van der Waals surface area contributed by atoms with Gasteiger partial charge >= 0.3 is 0 Å². The Bertz CT molecular complexity index is 169. The monoisotopic (exact) mass is 215 g/mol. The molecule has 0 aliphatic heterocycles. The highest BCUT2D eigenvalue weighted by atomic mass is 16.5. The minimum absolute atomic E-state index is 0.713. The first-order valence-corrected chi connectivity index (χ1v) is 5.56. The molecule has 4 heteroatoms. The summed E-state index contributed by atoms with van der Waals surface area (Å²) in [7, 11) is 7.99. The molecule has 0 amide bonds. The Kier molecular flexibility index (Phi) is 8.09. The van der Waals surface area contributed by atoms with Crippen molar-refractivity contribution in [3.05, 3.63) is 0 Å². The van der Waals surface area contributed by atoms with E-state index in [-0.39, 0.29) is 0 Å². The SMILES string of the molecule is CCCCOCCN=C(N(C)C)N(C)C. The lowest BCUT2D eigenvalue weighted by Gasteiger charge is -2.22. The van der Waals surface area contributed by atoms with Crippen molar-refractivity contribution < 1.29 is 4.74 Å². The summed E-state index contributed by atoms with van der Waals surface area (Å²) in [5.41, 5.74) is 0. The Hall–Kier alpha value is -0.770. The zero-order valence-electron chi connectivity index (χ0n) is 10.8. The van der Waals surface area contributed by atoms with Crippen LogP contribution < -0.4 is 0 Å². The third kappa shape index (κ3) is 7.19. The largest absolute Gasteiger partial charge is 0.380 e. The number of unbranched alkanes of at least 4 members (excludes halogenated alkanes) is 1. The molecule has 15 heavy (non-hydrogen) atoms. The standard InChI is InChI=1S/C11H25N3O/c1-6-7-9-15-10-8-12-11(13(2)3)14(4)5/h6-10H2,1-5H3. The van der Waals surface area contributed by atoms with Gasteiger partial charge in [-0.25, -0.2) is 0 Å². The van der Waals surface area contributed by atoms with Crippen LogP contribution in [0.4, 0.5) is 0 Å². The normalized spacial score (nSPS) is 9.93. The Morgan fingerprint density at radius 2 is 1.67 bits per heavy atom. The van der Waals surface area contributed by atoms with Gasteiger partial charge in [0, 0.05) is 34.8 Å². The molecule has 0 N–H and O–H groups in total. The number of rotatable bonds is 6. The maximum atomic E-state index is 5.44. The zero-order valence-corrected chi connectivity index (χ0v) is 10.8. The summed E-state index contributed by atoms with van der Waals surface area (Å²) < 4.78 is 5.44. The molecular formula is C11H25N3O. The maximum absolute atomic E-state index is 5.44. The van der Waals surface area contributed by atoms with Crippen molar-refractivity contribution >= 4 is 5.96 Å². The van der Waals surface area contributed by atoms with E-state index in [1.165, 1.54) is 6.42 Å². The second-order valence-corrected chi connectivity index (χ2v) is 3.94. The van der Waals surface area contributed by atoms with E-state index in [1.54, 1.807) is 0 Å². The van der Waals surface area contributed by atoms with Crippen molar-refractivity contribution in [2.45, 2.75) is 19.8 Å². The Labute approximate surface area is 93.9 Å². The summed E-state index contributed by atoms with van der Waals surface area (Å²) in [5.74, 6) is 0.981. The van der Waals surface area contributed by atoms with E-state index in [0.717, 1.165) is 25.5 Å². The molecule has 0 radical (unpaired) electrons. The highest BCUT2D eigenvalue weighted by molar-refractivity contribution is 5.79. The van der Waals surface area contributed by atoms with Gasteiger partial charge in [-0.2, -0.15) is 0 Å². The third-order valence-electron chi connectivity index (χ3n) is 1.93. The van der Waals surface area contributed by atoms with Crippen LogP contribution in [0.2, 0.25) is 0 Å². The first-order chi connectivity index (χ1) is 7.09. The summed E-state index contributed by atoms with van der Waals surface area (Å²) in [5, 5.41) is 0. The van der Waals surface area contributed by atoms with Gasteiger partial charge in [-0.1, -0.05) is 13.3 Å². The maximum Gasteiger partial charge on any atom is 0.195 e. The van der Waals surface area contributed by atoms with Crippen molar-refractivity contribution in [3.63, 3.8) is 0 Å². The predicted octanol–water partition coefficient (Wildman–Crippen LogP) is 1.28. The number of aliphatic imine (C=N–C) groups is 1. The van der Waals surface area contributed by atoms with E-state index in [1.807, 2.05) is 38.0 Å². The van der Waals surface area contributed by atoms with Crippen molar-refractivity contribution in [2.75, 3.05) is 47.9 Å². The molecule has 0 aromatic rings. The molecule has 0 heterocycles. The Morgan fingerprint density at radius 3 is 2.13 bits per heavy atom. The fraction of sp³-hybridized carbons (Fsp3) is 0.909. The van der Waals surface area contributed by atoms with Crippen LogP contribution in [0.5, 0.6) is 0 Å². The summed E-state index contributed by atoms with van der Waals surface area (Å²) in [4.78, 5) is 8.48. The molecule has 0 fully saturated rings. The highest BCUT2D eigenvalue weighted by Crippen LogP contribution is 1.91. The zero-order chi connectivity index (χ0) is 11.7. The molecule has 4 nitrogen and oxygen atoms in total. The number of hydrogen-bond donors (Lipinski definition) is 0. The van der Waals surface area contributed by atoms with Gasteiger partial charge in [0.1, 0.15) is 0 Å². The molecule has 0 aromatic heterocycles. The number of hydrogen-bond acceptors (Lipinski definition) is 2. The van der Waals surface area contributed by atoms with Gasteiger partial charge in [-0.3, -0.25) is 4.99 Å². The van der Waals surface area contributed by atoms with E-state index in [9.17, 15) is 0 Å². The van der Waals surface area contributed by atoms with Gasteiger partial charge in [-0.05, 0) is 6.42 Å². The summed E-state index contributed by atoms with van der Waals surface area (Å²) in [6.07, 6.45) is 2.32. The van der Waals surface area contributed by atoms with E-state index in [2.05, 4.69) is 11.9 Å². The van der Waals surface area contributed by atoms with Crippen molar-refractivity contribution in [2.24, 2.45) is 4.99 Å². The lowest BCUT2D eigenvalue weighted by molar-refractivity contribution is 0.138. The van der Waals surface area contributed by atoms with Crippen LogP contribution in [-0.4, -0.2) is 63.7 Å². The smallest absolute Gasteiger partial charge is 0.195 e. The van der Waals surface area contributed by atoms with Crippen LogP contribution in [0.25, 0.3) is 0 Å². The molecular weight excluding hydrogens is 190 g/mol. The van der Waals surface area contributed by atoms with Crippen molar-refractivity contribution in [1.29, 1.82) is 0 Å². The van der Waals surface area contributed by atoms with E-state index >= 15 is 0 Å². The first-order valence-electron chi connectivity index (χ1n) is 5.56. The van der Waals surface area contributed by atoms with Gasteiger partial charge in [0.2, 0.25) is 0 Å². The molecule has 0 unspecified atom stereocenters. The van der Waals surface area contributed by atoms with Crippen molar-refractivity contribution in [1.82, 2.24) is 9.80 Å². The second-order valence-electron chi connectivity index (χ2n) is 3.94. The molecule has 0 spiro atoms. The number of guanidine groups is 1. The van der Waals surface area contributed by atoms with Crippen LogP contribution in [0.15, 0.2) is 4.99 Å². The molecule has 0 bridgehead atoms. The van der Waals surface area contributed by atoms with Crippen LogP contribution in [-0.2, 0) is 4.74 Å².